The Labute approximate surface area is 181 Å². The highest BCUT2D eigenvalue weighted by molar-refractivity contribution is 5.26. The summed E-state index contributed by atoms with van der Waals surface area (Å²) in [5.41, 5.74) is 2.09. The number of allylic oxidation sites excluding steroid dienone is 1. The van der Waals surface area contributed by atoms with E-state index < -0.39 is 5.60 Å². The molecule has 0 saturated heterocycles. The van der Waals surface area contributed by atoms with E-state index in [1.165, 1.54) is 57.8 Å². The van der Waals surface area contributed by atoms with Crippen molar-refractivity contribution in [3.63, 3.8) is 0 Å². The van der Waals surface area contributed by atoms with Gasteiger partial charge in [0.05, 0.1) is 5.60 Å². The number of aliphatic hydroxyl groups is 1. The van der Waals surface area contributed by atoms with Gasteiger partial charge < -0.3 is 5.11 Å². The Morgan fingerprint density at radius 3 is 2.45 bits per heavy atom. The van der Waals surface area contributed by atoms with E-state index in [2.05, 4.69) is 47.6 Å². The van der Waals surface area contributed by atoms with Gasteiger partial charge in [-0.25, -0.2) is 0 Å². The van der Waals surface area contributed by atoms with E-state index in [4.69, 9.17) is 0 Å². The van der Waals surface area contributed by atoms with Gasteiger partial charge >= 0.3 is 0 Å². The summed E-state index contributed by atoms with van der Waals surface area (Å²) in [5, 5.41) is 10.7. The minimum atomic E-state index is -0.467. The van der Waals surface area contributed by atoms with Crippen LogP contribution in [0.2, 0.25) is 0 Å². The fourth-order valence-corrected chi connectivity index (χ4v) is 8.83. The summed E-state index contributed by atoms with van der Waals surface area (Å²) in [5.74, 6) is 5.41. The standard InChI is InChI=1S/C28H48O/c1-19(2)8-7-9-20(3)23-12-13-24-22-11-10-21-18-26(4,29)16-17-27(21,5)25(22)14-15-28(23,24)6/h10,19-20,22-25,29H,7-9,11-18H2,1-6H3/t20-,22+,23+,24-,25-,26-,27+,28+/m1/s1. The summed E-state index contributed by atoms with van der Waals surface area (Å²) in [6.45, 7) is 14.6. The van der Waals surface area contributed by atoms with Crippen molar-refractivity contribution in [2.24, 2.45) is 46.3 Å². The second-order valence-corrected chi connectivity index (χ2v) is 13.0. The smallest absolute Gasteiger partial charge is 0.0657 e. The van der Waals surface area contributed by atoms with E-state index in [9.17, 15) is 5.11 Å². The van der Waals surface area contributed by atoms with Gasteiger partial charge in [0.2, 0.25) is 0 Å². The highest BCUT2D eigenvalue weighted by Crippen LogP contribution is 2.67. The largest absolute Gasteiger partial charge is 0.390 e. The minimum absolute atomic E-state index is 0.369. The fraction of sp³-hybridized carbons (Fsp3) is 0.929. The lowest BCUT2D eigenvalue weighted by Crippen LogP contribution is -2.52. The van der Waals surface area contributed by atoms with Crippen LogP contribution >= 0.6 is 0 Å². The summed E-state index contributed by atoms with van der Waals surface area (Å²) >= 11 is 0. The average molecular weight is 401 g/mol. The lowest BCUT2D eigenvalue weighted by Gasteiger charge is -2.59. The quantitative estimate of drug-likeness (QED) is 0.467. The van der Waals surface area contributed by atoms with Gasteiger partial charge in [-0.15, -0.1) is 0 Å². The van der Waals surface area contributed by atoms with Gasteiger partial charge in [-0.2, -0.15) is 0 Å². The fourth-order valence-electron chi connectivity index (χ4n) is 8.83. The predicted octanol–water partition coefficient (Wildman–Crippen LogP) is 7.78. The van der Waals surface area contributed by atoms with Gasteiger partial charge in [-0.1, -0.05) is 65.5 Å². The Balaban J connectivity index is 1.50. The van der Waals surface area contributed by atoms with Gasteiger partial charge in [-0.05, 0) is 105 Å². The third-order valence-electron chi connectivity index (χ3n) is 10.6. The molecule has 0 amide bonds. The van der Waals surface area contributed by atoms with Crippen LogP contribution in [0.4, 0.5) is 0 Å². The van der Waals surface area contributed by atoms with Crippen LogP contribution in [0.15, 0.2) is 11.6 Å². The van der Waals surface area contributed by atoms with Gasteiger partial charge in [0, 0.05) is 0 Å². The second-order valence-electron chi connectivity index (χ2n) is 13.0. The first-order chi connectivity index (χ1) is 13.6. The predicted molar refractivity (Wildman–Crippen MR) is 124 cm³/mol. The van der Waals surface area contributed by atoms with E-state index in [1.807, 2.05) is 0 Å². The van der Waals surface area contributed by atoms with Crippen molar-refractivity contribution in [3.8, 4) is 0 Å². The summed E-state index contributed by atoms with van der Waals surface area (Å²) in [7, 11) is 0. The molecule has 4 rings (SSSR count). The van der Waals surface area contributed by atoms with E-state index in [1.54, 1.807) is 5.57 Å². The average Bonchev–Trinajstić information content (AvgIpc) is 2.99. The van der Waals surface area contributed by atoms with Crippen LogP contribution in [0, 0.1) is 46.3 Å². The van der Waals surface area contributed by atoms with E-state index in [-0.39, 0.29) is 0 Å². The van der Waals surface area contributed by atoms with Crippen molar-refractivity contribution in [2.45, 2.75) is 118 Å². The van der Waals surface area contributed by atoms with Gasteiger partial charge in [-0.3, -0.25) is 0 Å². The zero-order valence-electron chi connectivity index (χ0n) is 20.3. The number of rotatable bonds is 5. The molecule has 0 aromatic rings. The van der Waals surface area contributed by atoms with E-state index in [0.29, 0.717) is 10.8 Å². The lowest BCUT2D eigenvalue weighted by molar-refractivity contribution is -0.0705. The molecule has 0 aromatic heterocycles. The van der Waals surface area contributed by atoms with Crippen molar-refractivity contribution < 1.29 is 5.11 Å². The number of hydrogen-bond donors (Lipinski definition) is 1. The summed E-state index contributed by atoms with van der Waals surface area (Å²) in [4.78, 5) is 0. The first-order valence-corrected chi connectivity index (χ1v) is 13.0. The maximum atomic E-state index is 10.7. The molecule has 166 valence electrons. The molecule has 1 heteroatoms. The lowest BCUT2D eigenvalue weighted by atomic mass is 9.46. The molecular formula is C28H48O. The molecule has 1 N–H and O–H groups in total. The Bertz CT molecular complexity index is 630. The molecule has 1 nitrogen and oxygen atoms in total. The second kappa shape index (κ2) is 7.68. The van der Waals surface area contributed by atoms with Crippen LogP contribution in [0.25, 0.3) is 0 Å². The number of hydrogen-bond acceptors (Lipinski definition) is 1. The molecular weight excluding hydrogens is 352 g/mol. The van der Waals surface area contributed by atoms with Crippen molar-refractivity contribution in [2.75, 3.05) is 0 Å². The molecule has 4 aliphatic rings. The molecule has 8 atom stereocenters. The maximum Gasteiger partial charge on any atom is 0.0657 e. The molecule has 3 fully saturated rings. The van der Waals surface area contributed by atoms with Crippen LogP contribution in [-0.4, -0.2) is 10.7 Å². The zero-order valence-corrected chi connectivity index (χ0v) is 20.3. The minimum Gasteiger partial charge on any atom is -0.390 e. The number of fused-ring (bicyclic) bond motifs is 5. The molecule has 0 aliphatic heterocycles. The van der Waals surface area contributed by atoms with Crippen LogP contribution in [-0.2, 0) is 0 Å². The molecule has 0 aromatic carbocycles. The topological polar surface area (TPSA) is 20.2 Å². The first kappa shape index (κ1) is 21.9. The molecule has 4 aliphatic carbocycles. The molecule has 0 spiro atoms. The summed E-state index contributed by atoms with van der Waals surface area (Å²) in [6, 6.07) is 0. The molecule has 3 saturated carbocycles. The van der Waals surface area contributed by atoms with E-state index in [0.717, 1.165) is 48.3 Å². The van der Waals surface area contributed by atoms with Crippen molar-refractivity contribution in [3.05, 3.63) is 11.6 Å². The molecule has 0 unspecified atom stereocenters. The Hall–Kier alpha value is -0.300. The summed E-state index contributed by atoms with van der Waals surface area (Å²) < 4.78 is 0. The molecule has 0 heterocycles. The monoisotopic (exact) mass is 400 g/mol. The normalized spacial score (nSPS) is 47.9. The van der Waals surface area contributed by atoms with Crippen molar-refractivity contribution in [1.29, 1.82) is 0 Å². The zero-order chi connectivity index (χ0) is 21.0. The van der Waals surface area contributed by atoms with Gasteiger partial charge in [0.1, 0.15) is 0 Å². The Kier molecular flexibility index (Phi) is 5.81. The highest BCUT2D eigenvalue weighted by atomic mass is 16.3. The van der Waals surface area contributed by atoms with Crippen molar-refractivity contribution >= 4 is 0 Å². The summed E-state index contributed by atoms with van der Waals surface area (Å²) in [6.07, 6.45) is 17.1. The SMILES string of the molecule is CC(C)CCC[C@@H](C)[C@@H]1CC[C@@H]2[C@@H]3CC=C4C[C@](C)(O)CC[C@]4(C)[C@@H]3CC[C@]21C. The Morgan fingerprint density at radius 2 is 1.72 bits per heavy atom. The highest BCUT2D eigenvalue weighted by Gasteiger charge is 2.59. The van der Waals surface area contributed by atoms with Gasteiger partial charge in [0.15, 0.2) is 0 Å². The van der Waals surface area contributed by atoms with E-state index >= 15 is 0 Å². The molecule has 29 heavy (non-hydrogen) atoms. The van der Waals surface area contributed by atoms with Crippen LogP contribution < -0.4 is 0 Å². The molecule has 0 radical (unpaired) electrons. The van der Waals surface area contributed by atoms with Crippen LogP contribution in [0.5, 0.6) is 0 Å². The molecule has 0 bridgehead atoms. The van der Waals surface area contributed by atoms with Crippen LogP contribution in [0.1, 0.15) is 112 Å². The first-order valence-electron chi connectivity index (χ1n) is 13.0. The van der Waals surface area contributed by atoms with Gasteiger partial charge in [0.25, 0.3) is 0 Å². The third kappa shape index (κ3) is 3.77. The Morgan fingerprint density at radius 1 is 0.966 bits per heavy atom. The maximum absolute atomic E-state index is 10.7. The third-order valence-corrected chi connectivity index (χ3v) is 10.6. The van der Waals surface area contributed by atoms with Crippen LogP contribution in [0.3, 0.4) is 0 Å². The van der Waals surface area contributed by atoms with Crippen molar-refractivity contribution in [1.82, 2.24) is 0 Å².